The first kappa shape index (κ1) is 19.7. The van der Waals surface area contributed by atoms with Crippen molar-refractivity contribution in [1.29, 1.82) is 0 Å². The highest BCUT2D eigenvalue weighted by Crippen LogP contribution is 2.29. The van der Waals surface area contributed by atoms with Gasteiger partial charge in [-0.1, -0.05) is 0 Å². The van der Waals surface area contributed by atoms with Gasteiger partial charge in [-0.05, 0) is 44.7 Å². The molecule has 0 aliphatic carbocycles. The maximum absolute atomic E-state index is 12.6. The van der Waals surface area contributed by atoms with Gasteiger partial charge in [0.15, 0.2) is 0 Å². The van der Waals surface area contributed by atoms with Crippen LogP contribution in [-0.4, -0.2) is 34.9 Å². The van der Waals surface area contributed by atoms with E-state index in [0.717, 1.165) is 18.9 Å². The van der Waals surface area contributed by atoms with Crippen LogP contribution in [0.25, 0.3) is 0 Å². The Balaban J connectivity index is 0.00000264. The Bertz CT molecular complexity index is 563. The number of carbonyl (C=O) groups is 1. The largest absolute Gasteiger partial charge is 0.433 e. The zero-order valence-corrected chi connectivity index (χ0v) is 13.9. The molecular weight excluding hydrogens is 331 g/mol. The smallest absolute Gasteiger partial charge is 0.338 e. The van der Waals surface area contributed by atoms with Gasteiger partial charge >= 0.3 is 6.18 Å². The summed E-state index contributed by atoms with van der Waals surface area (Å²) < 4.78 is 37.9. The number of carbonyl (C=O) groups excluding carboxylic acids is 1. The van der Waals surface area contributed by atoms with Crippen molar-refractivity contribution in [2.45, 2.75) is 38.9 Å². The second-order valence-electron chi connectivity index (χ2n) is 5.84. The molecule has 0 bridgehead atoms. The summed E-state index contributed by atoms with van der Waals surface area (Å²) in [4.78, 5) is 17.7. The van der Waals surface area contributed by atoms with E-state index in [9.17, 15) is 18.0 Å². The topological polar surface area (TPSA) is 59.2 Å². The Morgan fingerprint density at radius 2 is 2.09 bits per heavy atom. The lowest BCUT2D eigenvalue weighted by molar-refractivity contribution is -0.141. The van der Waals surface area contributed by atoms with Crippen molar-refractivity contribution in [2.24, 2.45) is 11.7 Å². The van der Waals surface area contributed by atoms with E-state index in [2.05, 4.69) is 4.98 Å². The lowest BCUT2D eigenvalue weighted by Gasteiger charge is -2.34. The Hall–Kier alpha value is -1.34. The van der Waals surface area contributed by atoms with Crippen molar-refractivity contribution >= 4 is 18.3 Å². The van der Waals surface area contributed by atoms with Gasteiger partial charge in [-0.15, -0.1) is 12.4 Å². The summed E-state index contributed by atoms with van der Waals surface area (Å²) in [5.74, 6) is -0.0514. The maximum atomic E-state index is 12.6. The molecule has 2 N–H and O–H groups in total. The molecule has 1 aromatic heterocycles. The third kappa shape index (κ3) is 4.57. The van der Waals surface area contributed by atoms with Crippen LogP contribution in [0.2, 0.25) is 0 Å². The number of likely N-dealkylation sites (tertiary alicyclic amines) is 1. The molecule has 2 heterocycles. The number of hydrogen-bond acceptors (Lipinski definition) is 3. The maximum Gasteiger partial charge on any atom is 0.433 e. The van der Waals surface area contributed by atoms with E-state index in [1.165, 1.54) is 13.0 Å². The summed E-state index contributed by atoms with van der Waals surface area (Å²) >= 11 is 0. The van der Waals surface area contributed by atoms with Crippen LogP contribution in [0.15, 0.2) is 12.1 Å². The van der Waals surface area contributed by atoms with Crippen molar-refractivity contribution < 1.29 is 18.0 Å². The number of nitrogens with zero attached hydrogens (tertiary/aromatic N) is 2. The quantitative estimate of drug-likeness (QED) is 0.891. The number of amides is 1. The highest BCUT2D eigenvalue weighted by Gasteiger charge is 2.34. The van der Waals surface area contributed by atoms with Crippen molar-refractivity contribution in [3.05, 3.63) is 29.1 Å². The molecule has 130 valence electrons. The predicted octanol–water partition coefficient (Wildman–Crippen LogP) is 3.03. The fraction of sp³-hybridized carbons (Fsp3) is 0.600. The van der Waals surface area contributed by atoms with E-state index >= 15 is 0 Å². The van der Waals surface area contributed by atoms with Gasteiger partial charge in [0.2, 0.25) is 0 Å². The van der Waals surface area contributed by atoms with Gasteiger partial charge in [0.1, 0.15) is 5.69 Å². The molecule has 1 saturated heterocycles. The van der Waals surface area contributed by atoms with E-state index < -0.39 is 11.9 Å². The number of aromatic nitrogens is 1. The van der Waals surface area contributed by atoms with Gasteiger partial charge in [-0.3, -0.25) is 4.79 Å². The summed E-state index contributed by atoms with van der Waals surface area (Å²) in [5, 5.41) is 0. The van der Waals surface area contributed by atoms with Crippen molar-refractivity contribution in [1.82, 2.24) is 9.88 Å². The van der Waals surface area contributed by atoms with Crippen LogP contribution in [0.3, 0.4) is 0 Å². The van der Waals surface area contributed by atoms with Crippen LogP contribution in [0.4, 0.5) is 13.2 Å². The zero-order valence-electron chi connectivity index (χ0n) is 13.1. The normalized spacial score (nSPS) is 19.9. The monoisotopic (exact) mass is 351 g/mol. The average molecular weight is 352 g/mol. The predicted molar refractivity (Wildman–Crippen MR) is 83.5 cm³/mol. The van der Waals surface area contributed by atoms with Crippen LogP contribution < -0.4 is 5.73 Å². The number of aryl methyl sites for hydroxylation is 1. The molecular formula is C15H21ClF3N3O. The molecule has 0 aromatic carbocycles. The van der Waals surface area contributed by atoms with Gasteiger partial charge in [-0.25, -0.2) is 4.98 Å². The Labute approximate surface area is 139 Å². The van der Waals surface area contributed by atoms with Crippen LogP contribution in [0.5, 0.6) is 0 Å². The van der Waals surface area contributed by atoms with Crippen LogP contribution >= 0.6 is 12.4 Å². The molecule has 1 aliphatic rings. The average Bonchev–Trinajstić information content (AvgIpc) is 2.45. The lowest BCUT2D eigenvalue weighted by Crippen LogP contribution is -2.45. The summed E-state index contributed by atoms with van der Waals surface area (Å²) in [5.41, 5.74) is 5.23. The van der Waals surface area contributed by atoms with Crippen molar-refractivity contribution in [3.8, 4) is 0 Å². The first-order valence-corrected chi connectivity index (χ1v) is 7.30. The standard InChI is InChI=1S/C15H20F3N3O.ClH/c1-9(19)11-4-3-7-21(8-11)14(22)12-5-6-13(15(16,17)18)20-10(12)2;/h5-6,9,11H,3-4,7-8,19H2,1-2H3;1H. The van der Waals surface area contributed by atoms with Crippen LogP contribution in [0, 0.1) is 12.8 Å². The number of piperidine rings is 1. The Kier molecular flexibility index (Phi) is 6.41. The highest BCUT2D eigenvalue weighted by atomic mass is 35.5. The number of halogens is 4. The minimum absolute atomic E-state index is 0. The van der Waals surface area contributed by atoms with Crippen LogP contribution in [0.1, 0.15) is 41.5 Å². The molecule has 2 atom stereocenters. The molecule has 2 unspecified atom stereocenters. The van der Waals surface area contributed by atoms with E-state index in [4.69, 9.17) is 5.73 Å². The molecule has 0 radical (unpaired) electrons. The SMILES string of the molecule is Cc1nc(C(F)(F)F)ccc1C(=O)N1CCCC(C(C)N)C1.Cl. The van der Waals surface area contributed by atoms with Gasteiger partial charge in [0, 0.05) is 19.1 Å². The summed E-state index contributed by atoms with van der Waals surface area (Å²) in [6.07, 6.45) is -2.69. The first-order chi connectivity index (χ1) is 10.2. The molecule has 4 nitrogen and oxygen atoms in total. The first-order valence-electron chi connectivity index (χ1n) is 7.30. The Morgan fingerprint density at radius 3 is 2.61 bits per heavy atom. The molecule has 1 amide bonds. The highest BCUT2D eigenvalue weighted by molar-refractivity contribution is 5.95. The molecule has 2 rings (SSSR count). The van der Waals surface area contributed by atoms with Crippen molar-refractivity contribution in [3.63, 3.8) is 0 Å². The van der Waals surface area contributed by atoms with Gasteiger partial charge in [0.25, 0.3) is 5.91 Å². The lowest BCUT2D eigenvalue weighted by atomic mass is 9.92. The number of alkyl halides is 3. The molecule has 1 fully saturated rings. The van der Waals surface area contributed by atoms with Gasteiger partial charge in [0.05, 0.1) is 11.3 Å². The van der Waals surface area contributed by atoms with Crippen molar-refractivity contribution in [2.75, 3.05) is 13.1 Å². The third-order valence-electron chi connectivity index (χ3n) is 4.10. The van der Waals surface area contributed by atoms with E-state index in [1.807, 2.05) is 6.92 Å². The van der Waals surface area contributed by atoms with Gasteiger partial charge in [-0.2, -0.15) is 13.2 Å². The fourth-order valence-electron chi connectivity index (χ4n) is 2.74. The number of nitrogens with two attached hydrogens (primary N) is 1. The van der Waals surface area contributed by atoms with E-state index in [1.54, 1.807) is 4.90 Å². The molecule has 0 spiro atoms. The zero-order chi connectivity index (χ0) is 16.5. The molecule has 0 saturated carbocycles. The molecule has 8 heteroatoms. The van der Waals surface area contributed by atoms with Gasteiger partial charge < -0.3 is 10.6 Å². The van der Waals surface area contributed by atoms with E-state index in [-0.39, 0.29) is 41.5 Å². The summed E-state index contributed by atoms with van der Waals surface area (Å²) in [6, 6.07) is 2.05. The number of rotatable bonds is 2. The minimum Gasteiger partial charge on any atom is -0.338 e. The second-order valence-corrected chi connectivity index (χ2v) is 5.84. The second kappa shape index (κ2) is 7.49. The number of pyridine rings is 1. The fourth-order valence-corrected chi connectivity index (χ4v) is 2.74. The Morgan fingerprint density at radius 1 is 1.43 bits per heavy atom. The minimum atomic E-state index is -4.50. The number of hydrogen-bond donors (Lipinski definition) is 1. The van der Waals surface area contributed by atoms with E-state index in [0.29, 0.717) is 13.1 Å². The van der Waals surface area contributed by atoms with Crippen LogP contribution in [-0.2, 0) is 6.18 Å². The summed E-state index contributed by atoms with van der Waals surface area (Å²) in [6.45, 7) is 4.47. The molecule has 1 aromatic rings. The third-order valence-corrected chi connectivity index (χ3v) is 4.10. The summed E-state index contributed by atoms with van der Waals surface area (Å²) in [7, 11) is 0. The molecule has 1 aliphatic heterocycles. The molecule has 23 heavy (non-hydrogen) atoms.